The summed E-state index contributed by atoms with van der Waals surface area (Å²) in [5, 5.41) is 5.86. The maximum atomic E-state index is 12.9. The minimum atomic E-state index is -0.689. The third-order valence-corrected chi connectivity index (χ3v) is 10.3. The van der Waals surface area contributed by atoms with E-state index in [1.807, 2.05) is 133 Å². The van der Waals surface area contributed by atoms with Crippen LogP contribution in [0.2, 0.25) is 0 Å². The summed E-state index contributed by atoms with van der Waals surface area (Å²) in [7, 11) is 0. The van der Waals surface area contributed by atoms with E-state index in [1.165, 1.54) is 0 Å². The summed E-state index contributed by atoms with van der Waals surface area (Å²) >= 11 is 0. The van der Waals surface area contributed by atoms with E-state index >= 15 is 0 Å². The third-order valence-electron chi connectivity index (χ3n) is 10.3. The van der Waals surface area contributed by atoms with E-state index in [1.54, 1.807) is 0 Å². The number of esters is 2. The Hall–Kier alpha value is -6.80. The molecule has 57 heavy (non-hydrogen) atoms. The second-order valence-corrected chi connectivity index (χ2v) is 14.0. The number of hydrogen-bond donors (Lipinski definition) is 2. The largest absolute Gasteiger partial charge is 0.465 e. The van der Waals surface area contributed by atoms with Crippen LogP contribution in [0.25, 0.3) is 11.1 Å². The normalized spacial score (nSPS) is 12.1. The monoisotopic (exact) mass is 756 g/mol. The van der Waals surface area contributed by atoms with Gasteiger partial charge in [-0.05, 0) is 68.8 Å². The van der Waals surface area contributed by atoms with E-state index in [4.69, 9.17) is 9.47 Å². The molecular formula is C49H44N2O6. The molecule has 1 aliphatic rings. The van der Waals surface area contributed by atoms with Crippen LogP contribution < -0.4 is 10.6 Å². The maximum Gasteiger partial charge on any atom is 0.306 e. The van der Waals surface area contributed by atoms with Crippen LogP contribution in [0, 0.1) is 0 Å². The Morgan fingerprint density at radius 2 is 0.789 bits per heavy atom. The molecule has 8 nitrogen and oxygen atoms in total. The number of amides is 2. The quantitative estimate of drug-likeness (QED) is 0.0953. The van der Waals surface area contributed by atoms with Gasteiger partial charge in [0, 0.05) is 37.1 Å². The van der Waals surface area contributed by atoms with Crippen molar-refractivity contribution >= 4 is 35.1 Å². The van der Waals surface area contributed by atoms with Gasteiger partial charge in [-0.2, -0.15) is 0 Å². The first-order valence-electron chi connectivity index (χ1n) is 19.3. The van der Waals surface area contributed by atoms with E-state index in [-0.39, 0.29) is 50.7 Å². The Morgan fingerprint density at radius 3 is 1.19 bits per heavy atom. The Bertz CT molecular complexity index is 2160. The predicted molar refractivity (Wildman–Crippen MR) is 222 cm³/mol. The molecule has 286 valence electrons. The van der Waals surface area contributed by atoms with E-state index in [0.717, 1.165) is 44.5 Å². The van der Waals surface area contributed by atoms with Crippen molar-refractivity contribution in [1.29, 1.82) is 0 Å². The molecule has 8 heteroatoms. The first-order chi connectivity index (χ1) is 27.9. The summed E-state index contributed by atoms with van der Waals surface area (Å²) < 4.78 is 10.7. The van der Waals surface area contributed by atoms with Crippen molar-refractivity contribution in [1.82, 2.24) is 0 Å². The maximum absolute atomic E-state index is 12.9. The fourth-order valence-corrected chi connectivity index (χ4v) is 7.51. The van der Waals surface area contributed by atoms with Gasteiger partial charge >= 0.3 is 11.9 Å². The van der Waals surface area contributed by atoms with Gasteiger partial charge in [0.1, 0.15) is 0 Å². The SMILES string of the molecule is O=C(CCC(=O)OCCc1ccccc1)Nc1ccc(C2(c3ccc(NC(=O)CCC(=O)OCCc4ccccc4)cc3)c3ccccc3-c3ccccc32)cc1. The Kier molecular flexibility index (Phi) is 12.3. The van der Waals surface area contributed by atoms with Gasteiger partial charge in [0.25, 0.3) is 0 Å². The zero-order valence-corrected chi connectivity index (χ0v) is 31.6. The van der Waals surface area contributed by atoms with Crippen molar-refractivity contribution < 1.29 is 28.7 Å². The molecule has 0 heterocycles. The van der Waals surface area contributed by atoms with Gasteiger partial charge in [-0.1, -0.05) is 133 Å². The van der Waals surface area contributed by atoms with E-state index in [2.05, 4.69) is 34.9 Å². The molecule has 6 aromatic carbocycles. The van der Waals surface area contributed by atoms with Crippen molar-refractivity contribution in [2.24, 2.45) is 0 Å². The second-order valence-electron chi connectivity index (χ2n) is 14.0. The van der Waals surface area contributed by atoms with E-state index < -0.39 is 17.4 Å². The van der Waals surface area contributed by atoms with Crippen molar-refractivity contribution in [3.8, 4) is 11.1 Å². The molecule has 0 atom stereocenters. The highest BCUT2D eigenvalue weighted by Crippen LogP contribution is 2.56. The predicted octanol–water partition coefficient (Wildman–Crippen LogP) is 9.06. The zero-order valence-electron chi connectivity index (χ0n) is 31.6. The number of carbonyl (C=O) groups excluding carboxylic acids is 4. The number of anilines is 2. The van der Waals surface area contributed by atoms with Crippen LogP contribution in [0.15, 0.2) is 158 Å². The standard InChI is InChI=1S/C49H44N2O6/c52-45(27-29-47(54)56-33-31-35-11-3-1-4-12-35)50-39-23-19-37(20-24-39)49(43-17-9-7-15-41(43)42-16-8-10-18-44(42)49)38-21-25-40(26-22-38)51-46(53)28-30-48(55)57-34-32-36-13-5-2-6-14-36/h1-26H,27-34H2,(H,50,52)(H,51,53). The Labute approximate surface area is 332 Å². The fourth-order valence-electron chi connectivity index (χ4n) is 7.51. The molecule has 6 aromatic rings. The minimum absolute atomic E-state index is 0.00638. The number of ether oxygens (including phenoxy) is 2. The van der Waals surface area contributed by atoms with Crippen molar-refractivity contribution in [3.63, 3.8) is 0 Å². The smallest absolute Gasteiger partial charge is 0.306 e. The average molecular weight is 757 g/mol. The number of carbonyl (C=O) groups is 4. The number of rotatable bonds is 16. The van der Waals surface area contributed by atoms with Crippen LogP contribution in [0.3, 0.4) is 0 Å². The minimum Gasteiger partial charge on any atom is -0.465 e. The van der Waals surface area contributed by atoms with Crippen molar-refractivity contribution in [2.75, 3.05) is 23.8 Å². The highest BCUT2D eigenvalue weighted by atomic mass is 16.5. The number of hydrogen-bond acceptors (Lipinski definition) is 6. The summed E-state index contributed by atoms with van der Waals surface area (Å²) in [6.07, 6.45) is 1.26. The van der Waals surface area contributed by atoms with Gasteiger partial charge in [0.15, 0.2) is 0 Å². The summed E-state index contributed by atoms with van der Waals surface area (Å²) in [4.78, 5) is 50.4. The van der Waals surface area contributed by atoms with Crippen LogP contribution in [-0.2, 0) is 46.9 Å². The zero-order chi connectivity index (χ0) is 39.5. The molecule has 0 radical (unpaired) electrons. The number of fused-ring (bicyclic) bond motifs is 3. The van der Waals surface area contributed by atoms with Crippen LogP contribution in [0.1, 0.15) is 59.1 Å². The first-order valence-corrected chi connectivity index (χ1v) is 19.3. The molecule has 0 unspecified atom stereocenters. The summed E-state index contributed by atoms with van der Waals surface area (Å²) in [6, 6.07) is 52.0. The number of nitrogens with one attached hydrogen (secondary N) is 2. The lowest BCUT2D eigenvalue weighted by molar-refractivity contribution is -0.145. The van der Waals surface area contributed by atoms with Crippen LogP contribution >= 0.6 is 0 Å². The molecule has 2 amide bonds. The van der Waals surface area contributed by atoms with Crippen molar-refractivity contribution in [2.45, 2.75) is 43.9 Å². The van der Waals surface area contributed by atoms with Crippen LogP contribution in [-0.4, -0.2) is 37.0 Å². The summed E-state index contributed by atoms with van der Waals surface area (Å²) in [5.41, 5.74) is 9.23. The lowest BCUT2D eigenvalue weighted by atomic mass is 9.67. The molecule has 0 aromatic heterocycles. The molecule has 0 spiro atoms. The lowest BCUT2D eigenvalue weighted by Gasteiger charge is -2.34. The van der Waals surface area contributed by atoms with E-state index in [0.29, 0.717) is 24.2 Å². The molecular weight excluding hydrogens is 713 g/mol. The second kappa shape index (κ2) is 18.2. The van der Waals surface area contributed by atoms with Gasteiger partial charge in [0.05, 0.1) is 31.5 Å². The molecule has 0 saturated carbocycles. The van der Waals surface area contributed by atoms with Gasteiger partial charge in [-0.3, -0.25) is 19.2 Å². The molecule has 0 saturated heterocycles. The average Bonchev–Trinajstić information content (AvgIpc) is 3.54. The molecule has 2 N–H and O–H groups in total. The third kappa shape index (κ3) is 9.19. The van der Waals surface area contributed by atoms with Crippen LogP contribution in [0.5, 0.6) is 0 Å². The molecule has 0 fully saturated rings. The lowest BCUT2D eigenvalue weighted by Crippen LogP contribution is -2.28. The van der Waals surface area contributed by atoms with Gasteiger partial charge in [-0.15, -0.1) is 0 Å². The first kappa shape index (κ1) is 38.5. The molecule has 1 aliphatic carbocycles. The topological polar surface area (TPSA) is 111 Å². The molecule has 0 bridgehead atoms. The van der Waals surface area contributed by atoms with Gasteiger partial charge in [-0.25, -0.2) is 0 Å². The summed E-state index contributed by atoms with van der Waals surface area (Å²) in [6.45, 7) is 0.539. The Balaban J connectivity index is 1.02. The van der Waals surface area contributed by atoms with Crippen LogP contribution in [0.4, 0.5) is 11.4 Å². The highest BCUT2D eigenvalue weighted by molar-refractivity contribution is 5.94. The van der Waals surface area contributed by atoms with Gasteiger partial charge < -0.3 is 20.1 Å². The highest BCUT2D eigenvalue weighted by Gasteiger charge is 2.45. The molecule has 7 rings (SSSR count). The summed E-state index contributed by atoms with van der Waals surface area (Å²) in [5.74, 6) is -1.35. The molecule has 0 aliphatic heterocycles. The van der Waals surface area contributed by atoms with E-state index in [9.17, 15) is 19.2 Å². The van der Waals surface area contributed by atoms with Crippen molar-refractivity contribution in [3.05, 3.63) is 191 Å². The number of benzene rings is 6. The fraction of sp³-hybridized carbons (Fsp3) is 0.184. The van der Waals surface area contributed by atoms with Gasteiger partial charge in [0.2, 0.25) is 11.8 Å². The Morgan fingerprint density at radius 1 is 0.421 bits per heavy atom.